The number of unbranched alkanes of at least 4 members (excludes halogenated alkanes) is 2. The number of nitriles is 1. The SMILES string of the molecule is Cl.N#CCCCCOc1ccc(C=NN=C(N)N)cc1Cl. The molecule has 6 nitrogen and oxygen atoms in total. The highest BCUT2D eigenvalue weighted by molar-refractivity contribution is 6.32. The van der Waals surface area contributed by atoms with E-state index < -0.39 is 0 Å². The van der Waals surface area contributed by atoms with E-state index in [-0.39, 0.29) is 18.4 Å². The highest BCUT2D eigenvalue weighted by Crippen LogP contribution is 2.25. The molecule has 0 amide bonds. The largest absolute Gasteiger partial charge is 0.492 e. The molecule has 0 aromatic heterocycles. The summed E-state index contributed by atoms with van der Waals surface area (Å²) < 4.78 is 5.53. The summed E-state index contributed by atoms with van der Waals surface area (Å²) in [4.78, 5) is 0. The van der Waals surface area contributed by atoms with Gasteiger partial charge < -0.3 is 16.2 Å². The molecular weight excluding hydrogens is 313 g/mol. The first kappa shape index (κ1) is 19.0. The Kier molecular flexibility index (Phi) is 9.76. The third kappa shape index (κ3) is 8.02. The Morgan fingerprint density at radius 1 is 1.38 bits per heavy atom. The fraction of sp³-hybridized carbons (Fsp3) is 0.308. The average molecular weight is 330 g/mol. The van der Waals surface area contributed by atoms with Crippen LogP contribution in [0.3, 0.4) is 0 Å². The van der Waals surface area contributed by atoms with Crippen molar-refractivity contribution in [2.75, 3.05) is 6.61 Å². The van der Waals surface area contributed by atoms with Gasteiger partial charge in [0.05, 0.1) is 23.9 Å². The van der Waals surface area contributed by atoms with Gasteiger partial charge in [-0.3, -0.25) is 0 Å². The van der Waals surface area contributed by atoms with E-state index in [1.54, 1.807) is 18.2 Å². The molecule has 1 aromatic rings. The van der Waals surface area contributed by atoms with E-state index >= 15 is 0 Å². The first-order valence-electron chi connectivity index (χ1n) is 6.04. The summed E-state index contributed by atoms with van der Waals surface area (Å²) >= 11 is 6.09. The minimum Gasteiger partial charge on any atom is -0.492 e. The number of guanidine groups is 1. The van der Waals surface area contributed by atoms with Gasteiger partial charge in [-0.2, -0.15) is 10.4 Å². The third-order valence-corrected chi connectivity index (χ3v) is 2.57. The van der Waals surface area contributed by atoms with Crippen molar-refractivity contribution in [3.8, 4) is 11.8 Å². The van der Waals surface area contributed by atoms with E-state index in [1.165, 1.54) is 6.21 Å². The molecule has 0 heterocycles. The molecule has 1 aromatic carbocycles. The Hall–Kier alpha value is -1.97. The molecule has 0 bridgehead atoms. The maximum atomic E-state index is 8.41. The number of hydrogen-bond donors (Lipinski definition) is 2. The lowest BCUT2D eigenvalue weighted by Crippen LogP contribution is -2.21. The Morgan fingerprint density at radius 3 is 2.76 bits per heavy atom. The van der Waals surface area contributed by atoms with Crippen LogP contribution in [0, 0.1) is 11.3 Å². The first-order valence-corrected chi connectivity index (χ1v) is 6.42. The van der Waals surface area contributed by atoms with E-state index in [9.17, 15) is 0 Å². The zero-order valence-electron chi connectivity index (χ0n) is 11.3. The molecule has 0 saturated heterocycles. The van der Waals surface area contributed by atoms with Crippen molar-refractivity contribution >= 4 is 36.2 Å². The molecule has 0 spiro atoms. The normalized spacial score (nSPS) is 9.71. The molecule has 21 heavy (non-hydrogen) atoms. The molecule has 0 unspecified atom stereocenters. The lowest BCUT2D eigenvalue weighted by molar-refractivity contribution is 0.308. The lowest BCUT2D eigenvalue weighted by atomic mass is 10.2. The molecule has 114 valence electrons. The van der Waals surface area contributed by atoms with E-state index in [2.05, 4.69) is 16.3 Å². The first-order chi connectivity index (χ1) is 9.63. The highest BCUT2D eigenvalue weighted by Gasteiger charge is 2.02. The molecule has 0 aliphatic heterocycles. The van der Waals surface area contributed by atoms with Crippen LogP contribution in [-0.2, 0) is 0 Å². The standard InChI is InChI=1S/C13H16ClN5O.ClH/c14-11-8-10(9-18-19-13(16)17)4-5-12(11)20-7-3-1-2-6-15;/h4-5,8-9H,1-3,7H2,(H4,16,17,19);1H. The maximum absolute atomic E-state index is 8.41. The highest BCUT2D eigenvalue weighted by atomic mass is 35.5. The van der Waals surface area contributed by atoms with Crippen molar-refractivity contribution in [2.24, 2.45) is 21.7 Å². The lowest BCUT2D eigenvalue weighted by Gasteiger charge is -2.07. The molecule has 0 radical (unpaired) electrons. The van der Waals surface area contributed by atoms with Gasteiger partial charge in [-0.1, -0.05) is 11.6 Å². The summed E-state index contributed by atoms with van der Waals surface area (Å²) in [5, 5.41) is 16.1. The topological polar surface area (TPSA) is 110 Å². The van der Waals surface area contributed by atoms with Crippen LogP contribution in [0.15, 0.2) is 28.4 Å². The molecule has 4 N–H and O–H groups in total. The molecular formula is C13H17Cl2N5O. The average Bonchev–Trinajstić information content (AvgIpc) is 2.40. The van der Waals surface area contributed by atoms with Crippen LogP contribution in [0.25, 0.3) is 0 Å². The van der Waals surface area contributed by atoms with Crippen molar-refractivity contribution in [2.45, 2.75) is 19.3 Å². The number of nitrogens with two attached hydrogens (primary N) is 2. The van der Waals surface area contributed by atoms with Crippen LogP contribution >= 0.6 is 24.0 Å². The van der Waals surface area contributed by atoms with Crippen LogP contribution in [0.2, 0.25) is 5.02 Å². The van der Waals surface area contributed by atoms with E-state index in [0.717, 1.165) is 18.4 Å². The third-order valence-electron chi connectivity index (χ3n) is 2.28. The number of nitrogens with zero attached hydrogens (tertiary/aromatic N) is 3. The smallest absolute Gasteiger partial charge is 0.211 e. The van der Waals surface area contributed by atoms with Gasteiger partial charge in [0, 0.05) is 6.42 Å². The Labute approximate surface area is 134 Å². The number of rotatable bonds is 7. The van der Waals surface area contributed by atoms with Crippen molar-refractivity contribution < 1.29 is 4.74 Å². The van der Waals surface area contributed by atoms with Gasteiger partial charge in [0.25, 0.3) is 0 Å². The predicted molar refractivity (Wildman–Crippen MR) is 87.1 cm³/mol. The quantitative estimate of drug-likeness (QED) is 0.346. The minimum absolute atomic E-state index is 0. The summed E-state index contributed by atoms with van der Waals surface area (Å²) in [6.45, 7) is 0.531. The second-order valence-electron chi connectivity index (χ2n) is 3.92. The summed E-state index contributed by atoms with van der Waals surface area (Å²) in [5.74, 6) is 0.493. The minimum atomic E-state index is -0.107. The van der Waals surface area contributed by atoms with Gasteiger partial charge in [-0.25, -0.2) is 0 Å². The Bertz CT molecular complexity index is 536. The van der Waals surface area contributed by atoms with Crippen LogP contribution in [-0.4, -0.2) is 18.8 Å². The second-order valence-corrected chi connectivity index (χ2v) is 4.33. The predicted octanol–water partition coefficient (Wildman–Crippen LogP) is 2.44. The number of halogens is 2. The number of benzene rings is 1. The number of ether oxygens (including phenoxy) is 1. The van der Waals surface area contributed by atoms with Gasteiger partial charge in [0.2, 0.25) is 5.96 Å². The Balaban J connectivity index is 0.00000400. The van der Waals surface area contributed by atoms with E-state index in [4.69, 9.17) is 33.1 Å². The van der Waals surface area contributed by atoms with Crippen LogP contribution in [0.1, 0.15) is 24.8 Å². The van der Waals surface area contributed by atoms with Crippen LogP contribution in [0.4, 0.5) is 0 Å². The van der Waals surface area contributed by atoms with Crippen LogP contribution < -0.4 is 16.2 Å². The fourth-order valence-electron chi connectivity index (χ4n) is 1.36. The van der Waals surface area contributed by atoms with E-state index in [0.29, 0.717) is 23.8 Å². The molecule has 0 atom stereocenters. The monoisotopic (exact) mass is 329 g/mol. The van der Waals surface area contributed by atoms with Gasteiger partial charge in [0.15, 0.2) is 0 Å². The fourth-order valence-corrected chi connectivity index (χ4v) is 1.61. The zero-order chi connectivity index (χ0) is 14.8. The Morgan fingerprint density at radius 2 is 2.14 bits per heavy atom. The summed E-state index contributed by atoms with van der Waals surface area (Å²) in [6.07, 6.45) is 3.66. The van der Waals surface area contributed by atoms with Crippen molar-refractivity contribution in [3.05, 3.63) is 28.8 Å². The van der Waals surface area contributed by atoms with Gasteiger partial charge in [-0.05, 0) is 36.6 Å². The summed E-state index contributed by atoms with van der Waals surface area (Å²) in [7, 11) is 0. The van der Waals surface area contributed by atoms with Gasteiger partial charge >= 0.3 is 0 Å². The maximum Gasteiger partial charge on any atom is 0.211 e. The summed E-state index contributed by atoms with van der Waals surface area (Å²) in [6, 6.07) is 7.34. The molecule has 0 aliphatic rings. The molecule has 1 rings (SSSR count). The molecule has 0 fully saturated rings. The second kappa shape index (κ2) is 10.8. The van der Waals surface area contributed by atoms with Crippen molar-refractivity contribution in [3.63, 3.8) is 0 Å². The molecule has 0 aliphatic carbocycles. The zero-order valence-corrected chi connectivity index (χ0v) is 12.9. The summed E-state index contributed by atoms with van der Waals surface area (Å²) in [5.41, 5.74) is 11.1. The van der Waals surface area contributed by atoms with Gasteiger partial charge in [-0.15, -0.1) is 17.5 Å². The van der Waals surface area contributed by atoms with Crippen molar-refractivity contribution in [1.29, 1.82) is 5.26 Å². The van der Waals surface area contributed by atoms with E-state index in [1.807, 2.05) is 0 Å². The number of hydrogen-bond acceptors (Lipinski definition) is 4. The van der Waals surface area contributed by atoms with Crippen LogP contribution in [0.5, 0.6) is 5.75 Å². The van der Waals surface area contributed by atoms with Crippen molar-refractivity contribution in [1.82, 2.24) is 0 Å². The molecule has 0 saturated carbocycles. The molecule has 8 heteroatoms. The van der Waals surface area contributed by atoms with Gasteiger partial charge in [0.1, 0.15) is 5.75 Å².